The number of nitrogens with one attached hydrogen (secondary N) is 3. The van der Waals surface area contributed by atoms with E-state index in [9.17, 15) is 33.4 Å². The van der Waals surface area contributed by atoms with Gasteiger partial charge in [0.05, 0.1) is 34.7 Å². The van der Waals surface area contributed by atoms with Crippen LogP contribution in [0.4, 0.5) is 14.5 Å². The molecule has 0 aliphatic carbocycles. The van der Waals surface area contributed by atoms with Gasteiger partial charge in [0.15, 0.2) is 0 Å². The van der Waals surface area contributed by atoms with Crippen LogP contribution in [0.2, 0.25) is 10.0 Å². The van der Waals surface area contributed by atoms with Gasteiger partial charge in [0.2, 0.25) is 11.8 Å². The number of hydrogen-bond acceptors (Lipinski definition) is 6. The van der Waals surface area contributed by atoms with Crippen LogP contribution < -0.4 is 16.0 Å². The van der Waals surface area contributed by atoms with Gasteiger partial charge in [0.25, 0.3) is 0 Å². The number of carboxylic acid groups (broad SMARTS) is 1. The van der Waals surface area contributed by atoms with E-state index in [1.54, 1.807) is 0 Å². The fourth-order valence-corrected chi connectivity index (χ4v) is 6.68. The van der Waals surface area contributed by atoms with Crippen molar-refractivity contribution in [3.63, 3.8) is 0 Å². The molecule has 1 fully saturated rings. The number of halogens is 4. The monoisotopic (exact) mass is 641 g/mol. The van der Waals surface area contributed by atoms with Crippen molar-refractivity contribution in [2.75, 3.05) is 11.9 Å². The van der Waals surface area contributed by atoms with Crippen LogP contribution >= 0.6 is 23.2 Å². The minimum absolute atomic E-state index is 0.0196. The smallest absolute Gasteiger partial charge is 0.305 e. The predicted octanol–water partition coefficient (Wildman–Crippen LogP) is 4.11. The third-order valence-electron chi connectivity index (χ3n) is 8.02. The Kier molecular flexibility index (Phi) is 9.73. The van der Waals surface area contributed by atoms with Crippen LogP contribution in [-0.4, -0.2) is 63.9 Å². The molecule has 2 aromatic carbocycles. The van der Waals surface area contributed by atoms with Crippen LogP contribution in [0.5, 0.6) is 0 Å². The molecule has 4 rings (SSSR count). The fraction of sp³-hybridized carbons (Fsp3) is 0.500. The summed E-state index contributed by atoms with van der Waals surface area (Å²) in [6.45, 7) is 5.88. The van der Waals surface area contributed by atoms with Crippen molar-refractivity contribution >= 4 is 46.7 Å². The Bertz CT molecular complexity index is 1420. The SMILES string of the molecule is CC(C)(C)CC1NC(C(=O)NCCC(O)CC(O)CC(=O)O)C(c2ccc(F)c(Cl)c2)C12C(=O)Nc1cc(Cl)c(F)cc12. The highest BCUT2D eigenvalue weighted by atomic mass is 35.5. The Morgan fingerprint density at radius 2 is 1.74 bits per heavy atom. The van der Waals surface area contributed by atoms with Gasteiger partial charge in [0.1, 0.15) is 17.0 Å². The number of aliphatic hydroxyl groups excluding tert-OH is 2. The third kappa shape index (κ3) is 6.81. The maximum absolute atomic E-state index is 15.0. The van der Waals surface area contributed by atoms with Crippen molar-refractivity contribution in [1.29, 1.82) is 0 Å². The van der Waals surface area contributed by atoms with Gasteiger partial charge in [-0.1, -0.05) is 50.0 Å². The Morgan fingerprint density at radius 1 is 1.07 bits per heavy atom. The molecule has 0 saturated carbocycles. The predicted molar refractivity (Wildman–Crippen MR) is 157 cm³/mol. The van der Waals surface area contributed by atoms with Crippen molar-refractivity contribution in [3.8, 4) is 0 Å². The zero-order valence-electron chi connectivity index (χ0n) is 23.9. The summed E-state index contributed by atoms with van der Waals surface area (Å²) in [4.78, 5) is 38.7. The van der Waals surface area contributed by atoms with Gasteiger partial charge in [-0.3, -0.25) is 14.4 Å². The molecule has 234 valence electrons. The van der Waals surface area contributed by atoms with E-state index in [4.69, 9.17) is 28.3 Å². The van der Waals surface area contributed by atoms with Gasteiger partial charge < -0.3 is 31.3 Å². The van der Waals surface area contributed by atoms with E-state index in [1.807, 2.05) is 20.8 Å². The number of carbonyl (C=O) groups is 3. The molecule has 2 aliphatic rings. The molecule has 43 heavy (non-hydrogen) atoms. The molecule has 2 aliphatic heterocycles. The van der Waals surface area contributed by atoms with Gasteiger partial charge in [-0.25, -0.2) is 8.78 Å². The first-order valence-electron chi connectivity index (χ1n) is 13.9. The second-order valence-electron chi connectivity index (χ2n) is 12.5. The topological polar surface area (TPSA) is 148 Å². The zero-order valence-corrected chi connectivity index (χ0v) is 25.4. The average molecular weight is 643 g/mol. The van der Waals surface area contributed by atoms with Crippen molar-refractivity contribution in [2.24, 2.45) is 5.41 Å². The van der Waals surface area contributed by atoms with Gasteiger partial charge in [-0.2, -0.15) is 0 Å². The summed E-state index contributed by atoms with van der Waals surface area (Å²) in [5, 5.41) is 37.4. The lowest BCUT2D eigenvalue weighted by molar-refractivity contribution is -0.139. The molecule has 9 nitrogen and oxygen atoms in total. The van der Waals surface area contributed by atoms with Crippen molar-refractivity contribution < 1.29 is 38.5 Å². The number of fused-ring (bicyclic) bond motifs is 2. The zero-order chi connectivity index (χ0) is 31.9. The summed E-state index contributed by atoms with van der Waals surface area (Å²) < 4.78 is 29.3. The number of amides is 2. The molecule has 2 aromatic rings. The van der Waals surface area contributed by atoms with Crippen LogP contribution in [0.1, 0.15) is 63.5 Å². The highest BCUT2D eigenvalue weighted by Crippen LogP contribution is 2.57. The molecular formula is C30H35Cl2F2N3O6. The Labute approximate surface area is 258 Å². The number of anilines is 1. The van der Waals surface area contributed by atoms with E-state index in [0.29, 0.717) is 23.2 Å². The minimum atomic E-state index is -1.52. The van der Waals surface area contributed by atoms with E-state index < -0.39 is 71.5 Å². The number of aliphatic hydroxyl groups is 2. The molecule has 2 amide bonds. The first-order chi connectivity index (χ1) is 20.0. The Hall–Kier alpha value is -2.83. The first kappa shape index (κ1) is 33.1. The second kappa shape index (κ2) is 12.6. The summed E-state index contributed by atoms with van der Waals surface area (Å²) in [7, 11) is 0. The first-order valence-corrected chi connectivity index (χ1v) is 14.7. The molecule has 1 saturated heterocycles. The van der Waals surface area contributed by atoms with Gasteiger partial charge in [0, 0.05) is 24.2 Å². The molecule has 13 heteroatoms. The largest absolute Gasteiger partial charge is 0.481 e. The molecule has 0 bridgehead atoms. The second-order valence-corrected chi connectivity index (χ2v) is 13.3. The number of aliphatic carboxylic acids is 1. The minimum Gasteiger partial charge on any atom is -0.481 e. The summed E-state index contributed by atoms with van der Waals surface area (Å²) in [5.74, 6) is -4.61. The van der Waals surface area contributed by atoms with E-state index >= 15 is 0 Å². The van der Waals surface area contributed by atoms with Crippen LogP contribution in [0.3, 0.4) is 0 Å². The average Bonchev–Trinajstić information content (AvgIpc) is 3.34. The summed E-state index contributed by atoms with van der Waals surface area (Å²) in [6, 6.07) is 4.72. The van der Waals surface area contributed by atoms with Crippen LogP contribution in [0.15, 0.2) is 30.3 Å². The Balaban J connectivity index is 1.74. The van der Waals surface area contributed by atoms with Crippen LogP contribution in [0.25, 0.3) is 0 Å². The van der Waals surface area contributed by atoms with Crippen LogP contribution in [0, 0.1) is 17.0 Å². The molecule has 0 radical (unpaired) electrons. The third-order valence-corrected chi connectivity index (χ3v) is 8.60. The van der Waals surface area contributed by atoms with E-state index in [0.717, 1.165) is 6.07 Å². The fourth-order valence-electron chi connectivity index (χ4n) is 6.33. The van der Waals surface area contributed by atoms with E-state index in [-0.39, 0.29) is 34.8 Å². The number of carboxylic acids is 1. The lowest BCUT2D eigenvalue weighted by Gasteiger charge is -2.37. The summed E-state index contributed by atoms with van der Waals surface area (Å²) in [5.41, 5.74) is -0.872. The number of hydrogen-bond donors (Lipinski definition) is 6. The summed E-state index contributed by atoms with van der Waals surface area (Å²) >= 11 is 12.2. The van der Waals surface area contributed by atoms with Gasteiger partial charge >= 0.3 is 5.97 Å². The molecular weight excluding hydrogens is 607 g/mol. The quantitative estimate of drug-likeness (QED) is 0.229. The lowest BCUT2D eigenvalue weighted by Crippen LogP contribution is -2.49. The molecule has 2 heterocycles. The van der Waals surface area contributed by atoms with Crippen molar-refractivity contribution in [1.82, 2.24) is 10.6 Å². The standard InChI is InChI=1S/C30H35Cl2F2N3O6/c1-29(2,3)13-23-30(17-11-21(34)19(32)12-22(17)36-28(30)43)25(14-4-5-20(33)18(31)8-14)26(37-23)27(42)35-7-6-15(38)9-16(39)10-24(40)41/h4-5,8,11-12,15-16,23,25-26,37-39H,6-7,9-10,13H2,1-3H3,(H,35,42)(H,36,43)(H,40,41). The van der Waals surface area contributed by atoms with Crippen LogP contribution in [-0.2, 0) is 19.8 Å². The molecule has 6 unspecified atom stereocenters. The number of carbonyl (C=O) groups excluding carboxylic acids is 2. The number of benzene rings is 2. The van der Waals surface area contributed by atoms with Crippen molar-refractivity contribution in [3.05, 3.63) is 63.1 Å². The maximum Gasteiger partial charge on any atom is 0.305 e. The van der Waals surface area contributed by atoms with E-state index in [2.05, 4.69) is 16.0 Å². The normalized spacial score (nSPS) is 24.5. The highest BCUT2D eigenvalue weighted by molar-refractivity contribution is 6.31. The maximum atomic E-state index is 15.0. The summed E-state index contributed by atoms with van der Waals surface area (Å²) in [6.07, 6.45) is -2.64. The lowest BCUT2D eigenvalue weighted by atomic mass is 9.62. The van der Waals surface area contributed by atoms with Gasteiger partial charge in [-0.15, -0.1) is 0 Å². The molecule has 0 aromatic heterocycles. The highest BCUT2D eigenvalue weighted by Gasteiger charge is 2.66. The molecule has 1 spiro atoms. The molecule has 6 N–H and O–H groups in total. The van der Waals surface area contributed by atoms with Gasteiger partial charge in [-0.05, 0) is 60.1 Å². The Morgan fingerprint density at radius 3 is 2.37 bits per heavy atom. The van der Waals surface area contributed by atoms with Crippen molar-refractivity contribution in [2.45, 2.75) is 82.1 Å². The van der Waals surface area contributed by atoms with E-state index in [1.165, 1.54) is 24.3 Å². The molecule has 6 atom stereocenters. The number of rotatable bonds is 10.